The minimum absolute atomic E-state index is 0. The van der Waals surface area contributed by atoms with E-state index in [1.807, 2.05) is 21.1 Å². The summed E-state index contributed by atoms with van der Waals surface area (Å²) in [6, 6.07) is 0. The van der Waals surface area contributed by atoms with Crippen LogP contribution in [0.5, 0.6) is 0 Å². The highest BCUT2D eigenvalue weighted by atomic mass is 35.5. The predicted octanol–water partition coefficient (Wildman–Crippen LogP) is -2.66. The van der Waals surface area contributed by atoms with Crippen LogP contribution in [0, 0.1) is 0 Å². The molecule has 0 heterocycles. The number of carboxylic acids is 2. The Morgan fingerprint density at radius 1 is 1.05 bits per heavy atom. The van der Waals surface area contributed by atoms with Gasteiger partial charge >= 0.3 is 17.9 Å². The van der Waals surface area contributed by atoms with E-state index in [4.69, 9.17) is 14.9 Å². The van der Waals surface area contributed by atoms with Crippen LogP contribution in [0.25, 0.3) is 0 Å². The maximum atomic E-state index is 11.5. The van der Waals surface area contributed by atoms with E-state index in [1.165, 1.54) is 0 Å². The molecule has 0 aliphatic heterocycles. The fraction of sp³-hybridized carbons (Fsp3) is 0.750. The average molecular weight is 312 g/mol. The molecule has 0 spiro atoms. The molecule has 0 radical (unpaired) electrons. The van der Waals surface area contributed by atoms with Crippen LogP contribution < -0.4 is 12.4 Å². The Morgan fingerprint density at radius 3 is 2.00 bits per heavy atom. The van der Waals surface area contributed by atoms with Crippen molar-refractivity contribution in [3.8, 4) is 0 Å². The number of quaternary nitrogens is 1. The predicted molar refractivity (Wildman–Crippen MR) is 66.5 cm³/mol. The van der Waals surface area contributed by atoms with Crippen LogP contribution in [0.4, 0.5) is 0 Å². The number of aliphatic carboxylic acids is 2. The van der Waals surface area contributed by atoms with E-state index in [0.29, 0.717) is 11.0 Å². The van der Waals surface area contributed by atoms with Crippen LogP contribution in [0.1, 0.15) is 25.7 Å². The van der Waals surface area contributed by atoms with Gasteiger partial charge in [0.1, 0.15) is 6.54 Å². The number of halogens is 1. The van der Waals surface area contributed by atoms with Crippen molar-refractivity contribution in [2.45, 2.75) is 31.8 Å². The van der Waals surface area contributed by atoms with Gasteiger partial charge in [0.15, 0.2) is 6.10 Å². The van der Waals surface area contributed by atoms with E-state index in [9.17, 15) is 14.4 Å². The molecule has 0 saturated carbocycles. The molecule has 8 heteroatoms. The zero-order valence-electron chi connectivity index (χ0n) is 12.0. The largest absolute Gasteiger partial charge is 1.00 e. The lowest BCUT2D eigenvalue weighted by atomic mass is 10.2. The van der Waals surface area contributed by atoms with Crippen molar-refractivity contribution in [3.05, 3.63) is 0 Å². The Labute approximate surface area is 124 Å². The van der Waals surface area contributed by atoms with Gasteiger partial charge in [-0.15, -0.1) is 0 Å². The summed E-state index contributed by atoms with van der Waals surface area (Å²) in [5.74, 6) is -2.56. The van der Waals surface area contributed by atoms with Crippen LogP contribution in [0.2, 0.25) is 0 Å². The molecule has 1 atom stereocenters. The van der Waals surface area contributed by atoms with Crippen molar-refractivity contribution in [2.75, 3.05) is 27.7 Å². The van der Waals surface area contributed by atoms with Crippen LogP contribution in [0.3, 0.4) is 0 Å². The number of rotatable bonds is 9. The zero-order valence-corrected chi connectivity index (χ0v) is 12.7. The van der Waals surface area contributed by atoms with E-state index in [-0.39, 0.29) is 38.1 Å². The number of carbonyl (C=O) groups excluding carboxylic acids is 1. The maximum Gasteiger partial charge on any atom is 0.307 e. The first-order chi connectivity index (χ1) is 8.60. The quantitative estimate of drug-likeness (QED) is 0.356. The van der Waals surface area contributed by atoms with Crippen molar-refractivity contribution in [2.24, 2.45) is 0 Å². The smallest absolute Gasteiger partial charge is 0.307 e. The summed E-state index contributed by atoms with van der Waals surface area (Å²) in [6.45, 7) is 0.386. The third-order valence-electron chi connectivity index (χ3n) is 2.22. The van der Waals surface area contributed by atoms with Gasteiger partial charge in [-0.05, 0) is 6.42 Å². The van der Waals surface area contributed by atoms with Crippen LogP contribution in [-0.2, 0) is 19.1 Å². The Kier molecular flexibility index (Phi) is 10.0. The lowest BCUT2D eigenvalue weighted by Crippen LogP contribution is -3.00. The fourth-order valence-corrected chi connectivity index (χ4v) is 1.58. The van der Waals surface area contributed by atoms with E-state index in [1.54, 1.807) is 0 Å². The van der Waals surface area contributed by atoms with E-state index in [2.05, 4.69) is 0 Å². The second kappa shape index (κ2) is 9.55. The first-order valence-electron chi connectivity index (χ1n) is 6.03. The van der Waals surface area contributed by atoms with Crippen molar-refractivity contribution in [3.63, 3.8) is 0 Å². The molecule has 0 saturated heterocycles. The molecule has 0 rings (SSSR count). The van der Waals surface area contributed by atoms with Gasteiger partial charge in [-0.3, -0.25) is 14.4 Å². The molecule has 0 aromatic carbocycles. The Hall–Kier alpha value is -1.34. The first kappa shape index (κ1) is 21.0. The molecule has 0 aliphatic carbocycles. The molecular formula is C12H22ClNO6. The lowest BCUT2D eigenvalue weighted by molar-refractivity contribution is -0.873. The highest BCUT2D eigenvalue weighted by Gasteiger charge is 2.24. The van der Waals surface area contributed by atoms with Gasteiger partial charge in [-0.1, -0.05) is 0 Å². The summed E-state index contributed by atoms with van der Waals surface area (Å²) in [5, 5.41) is 17.2. The Morgan fingerprint density at radius 2 is 1.60 bits per heavy atom. The van der Waals surface area contributed by atoms with E-state index >= 15 is 0 Å². The van der Waals surface area contributed by atoms with Gasteiger partial charge in [-0.2, -0.15) is 0 Å². The van der Waals surface area contributed by atoms with E-state index in [0.717, 1.165) is 0 Å². The molecule has 0 aromatic heterocycles. The van der Waals surface area contributed by atoms with Gasteiger partial charge in [0.2, 0.25) is 0 Å². The second-order valence-electron chi connectivity index (χ2n) is 5.43. The highest BCUT2D eigenvalue weighted by Crippen LogP contribution is 2.08. The first-order valence-corrected chi connectivity index (χ1v) is 6.03. The van der Waals surface area contributed by atoms with Crippen LogP contribution in [0.15, 0.2) is 0 Å². The molecule has 0 aromatic rings. The van der Waals surface area contributed by atoms with Crippen molar-refractivity contribution >= 4 is 17.9 Å². The number of esters is 1. The van der Waals surface area contributed by atoms with Crippen LogP contribution in [-0.4, -0.2) is 66.4 Å². The summed E-state index contributed by atoms with van der Waals surface area (Å²) in [5.41, 5.74) is 0. The van der Waals surface area contributed by atoms with Gasteiger partial charge in [0, 0.05) is 12.8 Å². The highest BCUT2D eigenvalue weighted by molar-refractivity contribution is 5.72. The minimum Gasteiger partial charge on any atom is -1.00 e. The third kappa shape index (κ3) is 13.1. The molecule has 1 unspecified atom stereocenters. The zero-order chi connectivity index (χ0) is 15.1. The molecule has 20 heavy (non-hydrogen) atoms. The van der Waals surface area contributed by atoms with E-state index < -0.39 is 24.0 Å². The summed E-state index contributed by atoms with van der Waals surface area (Å²) >= 11 is 0. The normalized spacial score (nSPS) is 12.2. The Bertz CT molecular complexity index is 339. The minimum atomic E-state index is -1.03. The van der Waals surface area contributed by atoms with Crippen molar-refractivity contribution in [1.82, 2.24) is 0 Å². The number of likely N-dealkylation sites (N-methyl/N-ethyl adjacent to an activating group) is 1. The average Bonchev–Trinajstić information content (AvgIpc) is 2.12. The summed E-state index contributed by atoms with van der Waals surface area (Å²) in [7, 11) is 5.60. The van der Waals surface area contributed by atoms with Gasteiger partial charge < -0.3 is 31.8 Å². The number of hydrogen-bond acceptors (Lipinski definition) is 4. The summed E-state index contributed by atoms with van der Waals surface area (Å²) in [6.07, 6.45) is -0.874. The number of nitrogens with zero attached hydrogens (tertiary/aromatic N) is 1. The molecule has 7 nitrogen and oxygen atoms in total. The molecule has 0 fully saturated rings. The van der Waals surface area contributed by atoms with Gasteiger partial charge in [0.25, 0.3) is 0 Å². The summed E-state index contributed by atoms with van der Waals surface area (Å²) in [4.78, 5) is 32.5. The Balaban J connectivity index is 0. The lowest BCUT2D eigenvalue weighted by Gasteiger charge is -2.28. The monoisotopic (exact) mass is 311 g/mol. The standard InChI is InChI=1S/C12H21NO6.ClH/c1-13(2,3)8-9(7-11(16)17)19-12(18)6-4-5-10(14)15;/h9H,4-8H2,1-3H3,(H-,14,15,16,17);1H. The molecule has 2 N–H and O–H groups in total. The van der Waals surface area contributed by atoms with Gasteiger partial charge in [0.05, 0.1) is 27.6 Å². The second-order valence-corrected chi connectivity index (χ2v) is 5.43. The number of carbonyl (C=O) groups is 3. The van der Waals surface area contributed by atoms with Crippen molar-refractivity contribution in [1.29, 1.82) is 0 Å². The maximum absolute atomic E-state index is 11.5. The van der Waals surface area contributed by atoms with Gasteiger partial charge in [-0.25, -0.2) is 0 Å². The summed E-state index contributed by atoms with van der Waals surface area (Å²) < 4.78 is 5.56. The molecule has 118 valence electrons. The SMILES string of the molecule is C[N+](C)(C)CC(CC(=O)O)OC(=O)CCCC(=O)O.[Cl-]. The molecule has 0 amide bonds. The number of carboxylic acid groups (broad SMARTS) is 2. The number of hydrogen-bond donors (Lipinski definition) is 2. The fourth-order valence-electron chi connectivity index (χ4n) is 1.58. The molecule has 0 aliphatic rings. The number of ether oxygens (including phenoxy) is 1. The molecular weight excluding hydrogens is 290 g/mol. The molecule has 0 bridgehead atoms. The topological polar surface area (TPSA) is 101 Å². The third-order valence-corrected chi connectivity index (χ3v) is 2.22. The van der Waals surface area contributed by atoms with Crippen molar-refractivity contribution < 1.29 is 46.2 Å². The van der Waals surface area contributed by atoms with Crippen LogP contribution >= 0.6 is 0 Å².